The molecule has 1 N–H and O–H groups in total. The molecule has 0 fully saturated rings. The molecule has 2 aromatic carbocycles. The summed E-state index contributed by atoms with van der Waals surface area (Å²) in [6, 6.07) is -2.09. The summed E-state index contributed by atoms with van der Waals surface area (Å²) >= 11 is 12.0. The molecule has 0 bridgehead atoms. The average Bonchev–Trinajstić information content (AvgIpc) is 3.00. The zero-order chi connectivity index (χ0) is 19.5. The van der Waals surface area contributed by atoms with Gasteiger partial charge in [-0.3, -0.25) is 0 Å². The van der Waals surface area contributed by atoms with E-state index in [0.29, 0.717) is 17.5 Å². The molecule has 2 atom stereocenters. The molecular formula is C16H15Cl2N. The van der Waals surface area contributed by atoms with E-state index in [1.807, 2.05) is 0 Å². The predicted molar refractivity (Wildman–Crippen MR) is 81.2 cm³/mol. The lowest BCUT2D eigenvalue weighted by molar-refractivity contribution is 0.564. The van der Waals surface area contributed by atoms with Crippen molar-refractivity contribution in [3.05, 3.63) is 69.0 Å². The Morgan fingerprint density at radius 1 is 1.11 bits per heavy atom. The third kappa shape index (κ3) is 2.27. The van der Waals surface area contributed by atoms with Crippen LogP contribution in [0.1, 0.15) is 44.7 Å². The van der Waals surface area contributed by atoms with Crippen molar-refractivity contribution in [2.75, 3.05) is 7.05 Å². The van der Waals surface area contributed by atoms with Crippen LogP contribution in [0.5, 0.6) is 0 Å². The van der Waals surface area contributed by atoms with Crippen LogP contribution in [-0.2, 0) is 0 Å². The lowest BCUT2D eigenvalue weighted by atomic mass is 9.93. The van der Waals surface area contributed by atoms with Gasteiger partial charge in [0.1, 0.15) is 0 Å². The molecule has 3 heteroatoms. The van der Waals surface area contributed by atoms with Gasteiger partial charge in [0.05, 0.1) is 19.6 Å². The second-order valence-electron chi connectivity index (χ2n) is 4.37. The van der Waals surface area contributed by atoms with Crippen molar-refractivity contribution in [2.24, 2.45) is 0 Å². The van der Waals surface area contributed by atoms with Gasteiger partial charge in [-0.05, 0) is 42.2 Å². The van der Waals surface area contributed by atoms with Crippen molar-refractivity contribution in [3.8, 4) is 0 Å². The first-order valence-corrected chi connectivity index (χ1v) is 6.61. The Labute approximate surface area is 133 Å². The van der Waals surface area contributed by atoms with Crippen LogP contribution in [0.4, 0.5) is 0 Å². The Morgan fingerprint density at radius 3 is 2.58 bits per heavy atom. The van der Waals surface area contributed by atoms with Gasteiger partial charge in [-0.25, -0.2) is 0 Å². The number of nitrogens with one attached hydrogen (secondary N) is 1. The maximum Gasteiger partial charge on any atom is 0.0642 e. The molecule has 0 saturated heterocycles. The van der Waals surface area contributed by atoms with Crippen molar-refractivity contribution >= 4 is 23.2 Å². The number of hydrogen-bond donors (Lipinski definition) is 1. The van der Waals surface area contributed by atoms with Crippen LogP contribution < -0.4 is 5.32 Å². The Hall–Kier alpha value is -1.02. The van der Waals surface area contributed by atoms with E-state index in [0.717, 1.165) is 0 Å². The van der Waals surface area contributed by atoms with Crippen molar-refractivity contribution in [2.45, 2.75) is 18.4 Å². The molecule has 0 saturated carbocycles. The van der Waals surface area contributed by atoms with E-state index in [2.05, 4.69) is 5.32 Å². The molecule has 19 heavy (non-hydrogen) atoms. The Bertz CT molecular complexity index is 903. The molecule has 1 aliphatic carbocycles. The summed E-state index contributed by atoms with van der Waals surface area (Å²) in [6.45, 7) is 0. The van der Waals surface area contributed by atoms with Gasteiger partial charge in [0.2, 0.25) is 0 Å². The number of fused-ring (bicyclic) bond motifs is 1. The molecule has 0 radical (unpaired) electrons. The molecule has 0 unspecified atom stereocenters. The van der Waals surface area contributed by atoms with Gasteiger partial charge in [-0.2, -0.15) is 0 Å². The zero-order valence-electron chi connectivity index (χ0n) is 17.1. The molecule has 98 valence electrons. The summed E-state index contributed by atoms with van der Waals surface area (Å²) in [5, 5.41) is 2.75. The summed E-state index contributed by atoms with van der Waals surface area (Å²) < 4.78 is 56.9. The second-order valence-corrected chi connectivity index (χ2v) is 5.13. The molecular weight excluding hydrogens is 277 g/mol. The van der Waals surface area contributed by atoms with Crippen LogP contribution in [-0.4, -0.2) is 7.05 Å². The normalized spacial score (nSPS) is 26.6. The van der Waals surface area contributed by atoms with Gasteiger partial charge in [0, 0.05) is 12.0 Å². The highest BCUT2D eigenvalue weighted by molar-refractivity contribution is 6.42. The zero-order valence-corrected chi connectivity index (χ0v) is 11.6. The highest BCUT2D eigenvalue weighted by Crippen LogP contribution is 2.44. The maximum atomic E-state index is 8.30. The molecule has 0 heterocycles. The van der Waals surface area contributed by atoms with Gasteiger partial charge in [0.15, 0.2) is 0 Å². The first-order chi connectivity index (χ1) is 12.1. The van der Waals surface area contributed by atoms with E-state index < -0.39 is 5.92 Å². The van der Waals surface area contributed by atoms with E-state index in [4.69, 9.17) is 32.8 Å². The lowest BCUT2D eigenvalue weighted by Gasteiger charge is -2.13. The number of halogens is 2. The van der Waals surface area contributed by atoms with Crippen molar-refractivity contribution in [1.82, 2.24) is 5.32 Å². The number of benzene rings is 2. The van der Waals surface area contributed by atoms with Crippen molar-refractivity contribution in [1.29, 1.82) is 0 Å². The molecule has 1 aliphatic rings. The molecule has 2 aromatic rings. The first kappa shape index (κ1) is 7.12. The van der Waals surface area contributed by atoms with E-state index in [1.54, 1.807) is 7.05 Å². The standard InChI is InChI=1S/C16H15Cl2N/c1-19-16-9-13(11-4-2-3-5-12(11)16)10-6-7-14(17)15(18)8-10/h2-8,13,16,19H,9H2,1H3/t13-,16+/m0/s1/i2D,3D,4D,5D,6D,7D,8D. The first-order valence-electron chi connectivity index (χ1n) is 9.35. The van der Waals surface area contributed by atoms with Gasteiger partial charge in [-0.15, -0.1) is 0 Å². The van der Waals surface area contributed by atoms with Crippen LogP contribution in [0.3, 0.4) is 0 Å². The van der Waals surface area contributed by atoms with Gasteiger partial charge >= 0.3 is 0 Å². The molecule has 0 aromatic heterocycles. The molecule has 1 nitrogen and oxygen atoms in total. The van der Waals surface area contributed by atoms with Crippen LogP contribution in [0.15, 0.2) is 42.3 Å². The van der Waals surface area contributed by atoms with Crippen LogP contribution >= 0.6 is 23.2 Å². The minimum atomic E-state index is -0.650. The van der Waals surface area contributed by atoms with Gasteiger partial charge in [-0.1, -0.05) is 53.4 Å². The quantitative estimate of drug-likeness (QED) is 0.840. The number of rotatable bonds is 2. The fraction of sp³-hybridized carbons (Fsp3) is 0.250. The molecule has 0 amide bonds. The molecule has 0 spiro atoms. The SMILES string of the molecule is [2H]c1c([2H])c([2H])c2c(c1[2H])[C@H](c1c([2H])c([2H])c(Cl)c(Cl)c1[2H])C[C@H]2NC. The summed E-state index contributed by atoms with van der Waals surface area (Å²) in [7, 11) is 1.69. The Morgan fingerprint density at radius 2 is 1.84 bits per heavy atom. The molecule has 0 aliphatic heterocycles. The largest absolute Gasteiger partial charge is 0.313 e. The summed E-state index contributed by atoms with van der Waals surface area (Å²) in [6.07, 6.45) is 0.335. The minimum absolute atomic E-state index is 0.127. The van der Waals surface area contributed by atoms with Crippen LogP contribution in [0.2, 0.25) is 10.0 Å². The van der Waals surface area contributed by atoms with E-state index >= 15 is 0 Å². The second kappa shape index (κ2) is 5.16. The highest BCUT2D eigenvalue weighted by Gasteiger charge is 2.30. The van der Waals surface area contributed by atoms with Crippen LogP contribution in [0, 0.1) is 0 Å². The van der Waals surface area contributed by atoms with Gasteiger partial charge < -0.3 is 5.32 Å². The Kier molecular flexibility index (Phi) is 1.94. The van der Waals surface area contributed by atoms with E-state index in [9.17, 15) is 0 Å². The fourth-order valence-electron chi connectivity index (χ4n) is 2.43. The van der Waals surface area contributed by atoms with Crippen molar-refractivity contribution in [3.63, 3.8) is 0 Å². The lowest BCUT2D eigenvalue weighted by Crippen LogP contribution is -2.13. The molecule has 3 rings (SSSR count). The predicted octanol–water partition coefficient (Wildman–Crippen LogP) is 4.79. The fourth-order valence-corrected chi connectivity index (χ4v) is 2.68. The summed E-state index contributed by atoms with van der Waals surface area (Å²) in [5.41, 5.74) is 0.934. The van der Waals surface area contributed by atoms with Gasteiger partial charge in [0.25, 0.3) is 0 Å². The Balaban J connectivity index is 2.37. The summed E-state index contributed by atoms with van der Waals surface area (Å²) in [4.78, 5) is 0. The third-order valence-corrected chi connectivity index (χ3v) is 4.02. The third-order valence-electron chi connectivity index (χ3n) is 3.36. The maximum absolute atomic E-state index is 8.30. The smallest absolute Gasteiger partial charge is 0.0642 e. The monoisotopic (exact) mass is 298 g/mol. The number of hydrogen-bond acceptors (Lipinski definition) is 1. The highest BCUT2D eigenvalue weighted by atomic mass is 35.5. The van der Waals surface area contributed by atoms with E-state index in [1.165, 1.54) is 0 Å². The van der Waals surface area contributed by atoms with E-state index in [-0.39, 0.29) is 63.9 Å². The minimum Gasteiger partial charge on any atom is -0.313 e. The van der Waals surface area contributed by atoms with Crippen molar-refractivity contribution < 1.29 is 9.60 Å². The average molecular weight is 299 g/mol. The van der Waals surface area contributed by atoms with Crippen LogP contribution in [0.25, 0.3) is 0 Å². The summed E-state index contributed by atoms with van der Waals surface area (Å²) in [5.74, 6) is -0.650. The topological polar surface area (TPSA) is 12.0 Å².